The Hall–Kier alpha value is -1.68. The van der Waals surface area contributed by atoms with Crippen molar-refractivity contribution < 1.29 is 9.18 Å². The molecule has 0 radical (unpaired) electrons. The van der Waals surface area contributed by atoms with Gasteiger partial charge in [-0.15, -0.1) is 11.3 Å². The molecule has 3 rings (SSSR count). The molecular formula is C16H16FNOS. The molecule has 4 heteroatoms. The first-order valence-corrected chi connectivity index (χ1v) is 7.72. The number of amides is 1. The molecule has 0 saturated carbocycles. The van der Waals surface area contributed by atoms with E-state index in [2.05, 4.69) is 18.4 Å². The predicted molar refractivity (Wildman–Crippen MR) is 78.5 cm³/mol. The van der Waals surface area contributed by atoms with Gasteiger partial charge in [-0.3, -0.25) is 4.79 Å². The normalized spacial score (nSPS) is 17.9. The third-order valence-corrected chi connectivity index (χ3v) is 4.84. The van der Waals surface area contributed by atoms with E-state index < -0.39 is 5.82 Å². The maximum atomic E-state index is 13.8. The highest BCUT2D eigenvalue weighted by molar-refractivity contribution is 7.10. The van der Waals surface area contributed by atoms with E-state index in [9.17, 15) is 9.18 Å². The van der Waals surface area contributed by atoms with Gasteiger partial charge < -0.3 is 4.90 Å². The lowest BCUT2D eigenvalue weighted by Gasteiger charge is -2.35. The summed E-state index contributed by atoms with van der Waals surface area (Å²) in [5.41, 5.74) is 1.40. The Morgan fingerprint density at radius 3 is 2.95 bits per heavy atom. The van der Waals surface area contributed by atoms with E-state index in [0.29, 0.717) is 6.54 Å². The molecule has 0 spiro atoms. The average Bonchev–Trinajstić information content (AvgIpc) is 2.94. The average molecular weight is 289 g/mol. The molecule has 1 aromatic carbocycles. The summed E-state index contributed by atoms with van der Waals surface area (Å²) in [5, 5.41) is 2.07. The lowest BCUT2D eigenvalue weighted by atomic mass is 9.97. The van der Waals surface area contributed by atoms with Gasteiger partial charge in [-0.05, 0) is 42.0 Å². The number of hydrogen-bond donors (Lipinski definition) is 0. The maximum absolute atomic E-state index is 13.8. The summed E-state index contributed by atoms with van der Waals surface area (Å²) in [4.78, 5) is 15.8. The van der Waals surface area contributed by atoms with Crippen LogP contribution in [0.3, 0.4) is 0 Å². The lowest BCUT2D eigenvalue weighted by Crippen LogP contribution is -2.39. The van der Waals surface area contributed by atoms with Gasteiger partial charge in [0.05, 0.1) is 11.6 Å². The Balaban J connectivity index is 1.95. The van der Waals surface area contributed by atoms with Crippen LogP contribution < -0.4 is 0 Å². The summed E-state index contributed by atoms with van der Waals surface area (Å²) >= 11 is 1.75. The van der Waals surface area contributed by atoms with Crippen molar-refractivity contribution in [1.29, 1.82) is 0 Å². The summed E-state index contributed by atoms with van der Waals surface area (Å²) in [6.07, 6.45) is 1.72. The molecule has 104 valence electrons. The van der Waals surface area contributed by atoms with Gasteiger partial charge in [0.15, 0.2) is 0 Å². The van der Waals surface area contributed by atoms with E-state index in [-0.39, 0.29) is 17.5 Å². The Kier molecular flexibility index (Phi) is 3.57. The molecule has 1 aromatic heterocycles. The molecule has 0 aliphatic carbocycles. The second-order valence-electron chi connectivity index (χ2n) is 4.95. The van der Waals surface area contributed by atoms with Crippen LogP contribution in [0.1, 0.15) is 40.2 Å². The molecule has 20 heavy (non-hydrogen) atoms. The van der Waals surface area contributed by atoms with Crippen molar-refractivity contribution in [1.82, 2.24) is 4.90 Å². The second-order valence-corrected chi connectivity index (χ2v) is 5.95. The summed E-state index contributed by atoms with van der Waals surface area (Å²) in [6, 6.07) is 8.38. The van der Waals surface area contributed by atoms with Crippen LogP contribution >= 0.6 is 11.3 Å². The van der Waals surface area contributed by atoms with Crippen molar-refractivity contribution in [2.24, 2.45) is 0 Å². The van der Waals surface area contributed by atoms with Crippen molar-refractivity contribution in [3.63, 3.8) is 0 Å². The minimum Gasteiger partial charge on any atom is -0.331 e. The largest absolute Gasteiger partial charge is 0.331 e. The maximum Gasteiger partial charge on any atom is 0.257 e. The molecule has 2 heterocycles. The first-order chi connectivity index (χ1) is 9.72. The fraction of sp³-hybridized carbons (Fsp3) is 0.312. The zero-order valence-electron chi connectivity index (χ0n) is 11.3. The summed E-state index contributed by atoms with van der Waals surface area (Å²) in [5.74, 6) is -0.643. The fourth-order valence-corrected chi connectivity index (χ4v) is 3.80. The number of benzene rings is 1. The van der Waals surface area contributed by atoms with Crippen LogP contribution in [-0.2, 0) is 6.42 Å². The van der Waals surface area contributed by atoms with Crippen molar-refractivity contribution in [3.05, 3.63) is 57.5 Å². The number of halogens is 1. The quantitative estimate of drug-likeness (QED) is 0.817. The number of fused-ring (bicyclic) bond motifs is 1. The highest BCUT2D eigenvalue weighted by Gasteiger charge is 2.31. The van der Waals surface area contributed by atoms with Crippen LogP contribution in [-0.4, -0.2) is 17.4 Å². The van der Waals surface area contributed by atoms with Gasteiger partial charge in [0, 0.05) is 11.4 Å². The van der Waals surface area contributed by atoms with Crippen LogP contribution in [0.5, 0.6) is 0 Å². The molecule has 1 aliphatic heterocycles. The van der Waals surface area contributed by atoms with Crippen molar-refractivity contribution in [2.75, 3.05) is 6.54 Å². The van der Waals surface area contributed by atoms with E-state index in [1.54, 1.807) is 29.5 Å². The Morgan fingerprint density at radius 2 is 2.20 bits per heavy atom. The lowest BCUT2D eigenvalue weighted by molar-refractivity contribution is 0.0652. The molecule has 1 aliphatic rings. The van der Waals surface area contributed by atoms with Crippen molar-refractivity contribution in [3.8, 4) is 0 Å². The first kappa shape index (κ1) is 13.3. The van der Waals surface area contributed by atoms with E-state index >= 15 is 0 Å². The SMILES string of the molecule is CCC1c2ccsc2CCN1C(=O)c1ccccc1F. The molecule has 1 amide bonds. The molecule has 0 saturated heterocycles. The first-order valence-electron chi connectivity index (χ1n) is 6.84. The molecule has 1 unspecified atom stereocenters. The Labute approximate surface area is 121 Å². The van der Waals surface area contributed by atoms with Gasteiger partial charge in [0.2, 0.25) is 0 Å². The zero-order chi connectivity index (χ0) is 14.1. The molecule has 0 N–H and O–H groups in total. The molecule has 1 atom stereocenters. The minimum absolute atomic E-state index is 0.0668. The van der Waals surface area contributed by atoms with Crippen molar-refractivity contribution in [2.45, 2.75) is 25.8 Å². The third kappa shape index (κ3) is 2.14. The van der Waals surface area contributed by atoms with Gasteiger partial charge >= 0.3 is 0 Å². The van der Waals surface area contributed by atoms with Gasteiger partial charge in [-0.1, -0.05) is 19.1 Å². The number of carbonyl (C=O) groups excluding carboxylic acids is 1. The number of carbonyl (C=O) groups is 1. The monoisotopic (exact) mass is 289 g/mol. The van der Waals surface area contributed by atoms with E-state index in [4.69, 9.17) is 0 Å². The van der Waals surface area contributed by atoms with Crippen LogP contribution in [0.15, 0.2) is 35.7 Å². The standard InChI is InChI=1S/C16H16FNOS/c1-2-14-12-8-10-20-15(12)7-9-18(14)16(19)11-5-3-4-6-13(11)17/h3-6,8,10,14H,2,7,9H2,1H3. The number of hydrogen-bond acceptors (Lipinski definition) is 2. The highest BCUT2D eigenvalue weighted by Crippen LogP contribution is 2.36. The molecule has 2 aromatic rings. The fourth-order valence-electron chi connectivity index (χ4n) is 2.87. The van der Waals surface area contributed by atoms with Crippen LogP contribution in [0, 0.1) is 5.82 Å². The van der Waals surface area contributed by atoms with Crippen LogP contribution in [0.25, 0.3) is 0 Å². The van der Waals surface area contributed by atoms with Gasteiger partial charge in [-0.2, -0.15) is 0 Å². The van der Waals surface area contributed by atoms with E-state index in [0.717, 1.165) is 12.8 Å². The zero-order valence-corrected chi connectivity index (χ0v) is 12.1. The van der Waals surface area contributed by atoms with Gasteiger partial charge in [0.1, 0.15) is 5.82 Å². The van der Waals surface area contributed by atoms with E-state index in [1.165, 1.54) is 16.5 Å². The predicted octanol–water partition coefficient (Wildman–Crippen LogP) is 4.04. The van der Waals surface area contributed by atoms with Crippen LogP contribution in [0.2, 0.25) is 0 Å². The second kappa shape index (κ2) is 5.37. The summed E-state index contributed by atoms with van der Waals surface area (Å²) in [7, 11) is 0. The topological polar surface area (TPSA) is 20.3 Å². The molecular weight excluding hydrogens is 273 g/mol. The minimum atomic E-state index is -0.441. The summed E-state index contributed by atoms with van der Waals surface area (Å²) in [6.45, 7) is 2.73. The van der Waals surface area contributed by atoms with Crippen LogP contribution in [0.4, 0.5) is 4.39 Å². The van der Waals surface area contributed by atoms with Crippen molar-refractivity contribution >= 4 is 17.2 Å². The molecule has 0 bridgehead atoms. The smallest absolute Gasteiger partial charge is 0.257 e. The van der Waals surface area contributed by atoms with Gasteiger partial charge in [-0.25, -0.2) is 4.39 Å². The highest BCUT2D eigenvalue weighted by atomic mass is 32.1. The van der Waals surface area contributed by atoms with Gasteiger partial charge in [0.25, 0.3) is 5.91 Å². The number of rotatable bonds is 2. The Morgan fingerprint density at radius 1 is 1.40 bits per heavy atom. The number of nitrogens with zero attached hydrogens (tertiary/aromatic N) is 1. The Bertz CT molecular complexity index is 637. The molecule has 0 fully saturated rings. The number of thiophene rings is 1. The summed E-state index contributed by atoms with van der Waals surface area (Å²) < 4.78 is 13.8. The third-order valence-electron chi connectivity index (χ3n) is 3.85. The molecule has 2 nitrogen and oxygen atoms in total. The van der Waals surface area contributed by atoms with E-state index in [1.807, 2.05) is 4.90 Å².